The molecule has 2 rings (SSSR count). The quantitative estimate of drug-likeness (QED) is 0.123. The van der Waals surface area contributed by atoms with Gasteiger partial charge in [0.2, 0.25) is 0 Å². The van der Waals surface area contributed by atoms with Crippen LogP contribution in [0, 0.1) is 0 Å². The van der Waals surface area contributed by atoms with Crippen LogP contribution < -0.4 is 0 Å². The number of hydrogen-bond acceptors (Lipinski definition) is 12. The number of carbonyl (C=O) groups is 1. The number of aliphatic hydroxyl groups excluding tert-OH is 7. The Hall–Kier alpha value is -0.970. The fraction of sp³-hybridized carbons (Fsp3) is 0.952. The number of rotatable bonds is 13. The molecular formula is C21H38O13. The maximum atomic E-state index is 10.6. The van der Waals surface area contributed by atoms with E-state index in [4.69, 9.17) is 24.1 Å². The van der Waals surface area contributed by atoms with Crippen molar-refractivity contribution in [1.82, 2.24) is 0 Å². The third-order valence-corrected chi connectivity index (χ3v) is 6.08. The zero-order valence-electron chi connectivity index (χ0n) is 19.1. The summed E-state index contributed by atoms with van der Waals surface area (Å²) in [5.41, 5.74) is 0. The van der Waals surface area contributed by atoms with Crippen LogP contribution in [0.5, 0.6) is 0 Å². The van der Waals surface area contributed by atoms with Gasteiger partial charge in [0.15, 0.2) is 12.6 Å². The molecule has 2 fully saturated rings. The molecule has 34 heavy (non-hydrogen) atoms. The van der Waals surface area contributed by atoms with Crippen molar-refractivity contribution in [2.45, 2.75) is 113 Å². The number of unbranched alkanes of at least 4 members (excludes halogenated alkanes) is 3. The molecule has 0 bridgehead atoms. The van der Waals surface area contributed by atoms with E-state index in [-0.39, 0.29) is 6.42 Å². The highest BCUT2D eigenvalue weighted by atomic mass is 16.8. The van der Waals surface area contributed by atoms with Crippen LogP contribution in [0.1, 0.15) is 45.4 Å². The summed E-state index contributed by atoms with van der Waals surface area (Å²) in [5, 5.41) is 78.5. The van der Waals surface area contributed by atoms with Crippen molar-refractivity contribution in [3.8, 4) is 0 Å². The van der Waals surface area contributed by atoms with Crippen molar-refractivity contribution >= 4 is 5.97 Å². The van der Waals surface area contributed by atoms with Gasteiger partial charge in [0, 0.05) is 6.42 Å². The van der Waals surface area contributed by atoms with E-state index in [2.05, 4.69) is 0 Å². The van der Waals surface area contributed by atoms with Gasteiger partial charge in [-0.15, -0.1) is 0 Å². The second kappa shape index (κ2) is 13.9. The van der Waals surface area contributed by atoms with Gasteiger partial charge in [0.25, 0.3) is 0 Å². The standard InChI is InChI=1S/C21H38O13/c1-10(6-4-2-3-5-7-13(24)25)31-21-19(17(29)15(27)12(9-23)33-21)34-20-18(30)16(28)14(26)11(8-22)32-20/h10-12,14-23,26-30H,2-9H2,1H3,(H,24,25). The summed E-state index contributed by atoms with van der Waals surface area (Å²) in [6, 6.07) is 0. The van der Waals surface area contributed by atoms with Crippen molar-refractivity contribution in [3.63, 3.8) is 0 Å². The Morgan fingerprint density at radius 1 is 0.794 bits per heavy atom. The molecule has 11 atom stereocenters. The lowest BCUT2D eigenvalue weighted by Gasteiger charge is -2.46. The first kappa shape index (κ1) is 29.3. The average molecular weight is 499 g/mol. The van der Waals surface area contributed by atoms with E-state index in [1.807, 2.05) is 0 Å². The number of aliphatic carboxylic acids is 1. The fourth-order valence-corrected chi connectivity index (χ4v) is 4.00. The van der Waals surface area contributed by atoms with Crippen LogP contribution in [-0.2, 0) is 23.7 Å². The molecule has 0 saturated carbocycles. The van der Waals surface area contributed by atoms with Crippen LogP contribution in [0.4, 0.5) is 0 Å². The molecule has 2 heterocycles. The summed E-state index contributed by atoms with van der Waals surface area (Å²) < 4.78 is 22.4. The Balaban J connectivity index is 2.00. The molecule has 2 aliphatic rings. The summed E-state index contributed by atoms with van der Waals surface area (Å²) in [7, 11) is 0. The fourth-order valence-electron chi connectivity index (χ4n) is 4.00. The summed E-state index contributed by atoms with van der Waals surface area (Å²) >= 11 is 0. The minimum atomic E-state index is -1.73. The molecule has 0 aromatic heterocycles. The van der Waals surface area contributed by atoms with E-state index in [1.165, 1.54) is 0 Å². The molecule has 11 unspecified atom stereocenters. The molecule has 200 valence electrons. The molecule has 8 N–H and O–H groups in total. The van der Waals surface area contributed by atoms with Crippen LogP contribution in [0.25, 0.3) is 0 Å². The van der Waals surface area contributed by atoms with Gasteiger partial charge in [-0.2, -0.15) is 0 Å². The van der Waals surface area contributed by atoms with Crippen LogP contribution in [0.3, 0.4) is 0 Å². The van der Waals surface area contributed by atoms with Gasteiger partial charge in [-0.05, 0) is 19.8 Å². The van der Waals surface area contributed by atoms with Gasteiger partial charge in [0.05, 0.1) is 19.3 Å². The second-order valence-corrected chi connectivity index (χ2v) is 8.80. The van der Waals surface area contributed by atoms with Crippen LogP contribution >= 0.6 is 0 Å². The number of carboxylic acids is 1. The summed E-state index contributed by atoms with van der Waals surface area (Å²) in [5.74, 6) is -0.837. The van der Waals surface area contributed by atoms with E-state index in [0.29, 0.717) is 12.8 Å². The van der Waals surface area contributed by atoms with Gasteiger partial charge < -0.3 is 59.8 Å². The maximum Gasteiger partial charge on any atom is 0.303 e. The van der Waals surface area contributed by atoms with Crippen LogP contribution in [0.2, 0.25) is 0 Å². The van der Waals surface area contributed by atoms with Crippen molar-refractivity contribution in [1.29, 1.82) is 0 Å². The number of ether oxygens (including phenoxy) is 4. The first-order chi connectivity index (χ1) is 16.1. The number of aliphatic hydroxyl groups is 7. The first-order valence-corrected chi connectivity index (χ1v) is 11.6. The molecule has 2 aliphatic heterocycles. The molecule has 0 aliphatic carbocycles. The Morgan fingerprint density at radius 2 is 1.35 bits per heavy atom. The third kappa shape index (κ3) is 7.77. The first-order valence-electron chi connectivity index (χ1n) is 11.6. The van der Waals surface area contributed by atoms with E-state index in [9.17, 15) is 40.5 Å². The zero-order chi connectivity index (χ0) is 25.4. The topological polar surface area (TPSA) is 216 Å². The van der Waals surface area contributed by atoms with Gasteiger partial charge in [-0.1, -0.05) is 19.3 Å². The van der Waals surface area contributed by atoms with Crippen LogP contribution in [0.15, 0.2) is 0 Å². The van der Waals surface area contributed by atoms with Crippen LogP contribution in [-0.4, -0.2) is 128 Å². The van der Waals surface area contributed by atoms with Gasteiger partial charge >= 0.3 is 5.97 Å². The van der Waals surface area contributed by atoms with Crippen molar-refractivity contribution in [2.75, 3.05) is 13.2 Å². The predicted molar refractivity (Wildman–Crippen MR) is 112 cm³/mol. The average Bonchev–Trinajstić information content (AvgIpc) is 2.80. The summed E-state index contributed by atoms with van der Waals surface area (Å²) in [4.78, 5) is 10.6. The molecule has 0 aromatic rings. The van der Waals surface area contributed by atoms with Gasteiger partial charge in [-0.3, -0.25) is 4.79 Å². The number of carboxylic acid groups (broad SMARTS) is 1. The molecule has 0 amide bonds. The van der Waals surface area contributed by atoms with Crippen molar-refractivity contribution < 1.29 is 64.6 Å². The molecule has 13 heteroatoms. The summed E-state index contributed by atoms with van der Waals surface area (Å²) in [6.07, 6.45) is -11.8. The molecule has 0 aromatic carbocycles. The molecular weight excluding hydrogens is 460 g/mol. The smallest absolute Gasteiger partial charge is 0.303 e. The lowest BCUT2D eigenvalue weighted by molar-refractivity contribution is -0.371. The molecule has 0 radical (unpaired) electrons. The lowest BCUT2D eigenvalue weighted by Crippen LogP contribution is -2.64. The molecule has 2 saturated heterocycles. The molecule has 0 spiro atoms. The largest absolute Gasteiger partial charge is 0.481 e. The SMILES string of the molecule is CC(CCCCCCC(=O)O)OC1OC(CO)C(O)C(O)C1OC1OC(CO)C(O)C(O)C1O. The van der Waals surface area contributed by atoms with E-state index in [1.54, 1.807) is 6.92 Å². The van der Waals surface area contributed by atoms with Gasteiger partial charge in [0.1, 0.15) is 48.8 Å². The highest BCUT2D eigenvalue weighted by molar-refractivity contribution is 5.66. The van der Waals surface area contributed by atoms with Gasteiger partial charge in [-0.25, -0.2) is 0 Å². The third-order valence-electron chi connectivity index (χ3n) is 6.08. The minimum Gasteiger partial charge on any atom is -0.481 e. The Labute approximate surface area is 197 Å². The number of hydrogen-bond donors (Lipinski definition) is 8. The van der Waals surface area contributed by atoms with E-state index < -0.39 is 86.7 Å². The van der Waals surface area contributed by atoms with E-state index >= 15 is 0 Å². The normalized spacial score (nSPS) is 39.6. The maximum absolute atomic E-state index is 10.6. The van der Waals surface area contributed by atoms with E-state index in [0.717, 1.165) is 19.3 Å². The molecule has 13 nitrogen and oxygen atoms in total. The lowest BCUT2D eigenvalue weighted by atomic mass is 9.97. The van der Waals surface area contributed by atoms with Crippen molar-refractivity contribution in [2.24, 2.45) is 0 Å². The highest BCUT2D eigenvalue weighted by Crippen LogP contribution is 2.30. The zero-order valence-corrected chi connectivity index (χ0v) is 19.1. The minimum absolute atomic E-state index is 0.113. The highest BCUT2D eigenvalue weighted by Gasteiger charge is 2.51. The second-order valence-electron chi connectivity index (χ2n) is 8.80. The monoisotopic (exact) mass is 498 g/mol. The summed E-state index contributed by atoms with van der Waals surface area (Å²) in [6.45, 7) is 0.465. The predicted octanol–water partition coefficient (Wildman–Crippen LogP) is -2.56. The Kier molecular flexibility index (Phi) is 12.0. The van der Waals surface area contributed by atoms with Crippen molar-refractivity contribution in [3.05, 3.63) is 0 Å². The Bertz CT molecular complexity index is 605. The Morgan fingerprint density at radius 3 is 1.94 bits per heavy atom.